The lowest BCUT2D eigenvalue weighted by Crippen LogP contribution is -2.27. The molecule has 0 heterocycles. The molecule has 21 heavy (non-hydrogen) atoms. The summed E-state index contributed by atoms with van der Waals surface area (Å²) in [6.45, 7) is 10.6. The van der Waals surface area contributed by atoms with Crippen molar-refractivity contribution in [2.45, 2.75) is 111 Å². The minimum Gasteiger partial charge on any atom is -0.304 e. The Balaban J connectivity index is 3.21. The maximum Gasteiger partial charge on any atom is 0.00355 e. The van der Waals surface area contributed by atoms with Crippen LogP contribution in [0.2, 0.25) is 0 Å². The van der Waals surface area contributed by atoms with Crippen molar-refractivity contribution < 1.29 is 0 Å². The number of hydrogen-bond donors (Lipinski definition) is 0. The van der Waals surface area contributed by atoms with Gasteiger partial charge >= 0.3 is 0 Å². The van der Waals surface area contributed by atoms with Crippen LogP contribution in [0.5, 0.6) is 0 Å². The van der Waals surface area contributed by atoms with Gasteiger partial charge in [0.2, 0.25) is 0 Å². The first kappa shape index (κ1) is 21.0. The highest BCUT2D eigenvalue weighted by molar-refractivity contribution is 4.58. The first-order valence-electron chi connectivity index (χ1n) is 9.78. The largest absolute Gasteiger partial charge is 0.304 e. The zero-order chi connectivity index (χ0) is 15.9. The monoisotopic (exact) mass is 297 g/mol. The average molecular weight is 298 g/mol. The van der Waals surface area contributed by atoms with E-state index in [1.54, 1.807) is 0 Å². The highest BCUT2D eigenvalue weighted by Crippen LogP contribution is 2.18. The van der Waals surface area contributed by atoms with Gasteiger partial charge in [-0.3, -0.25) is 0 Å². The zero-order valence-electron chi connectivity index (χ0n) is 15.8. The van der Waals surface area contributed by atoms with E-state index in [4.69, 9.17) is 0 Å². The SMILES string of the molecule is CCCCCCC(C)CCCCCCCCN(C)C(C)C. The van der Waals surface area contributed by atoms with Gasteiger partial charge in [0, 0.05) is 6.04 Å². The minimum absolute atomic E-state index is 0.698. The molecule has 0 aromatic heterocycles. The Morgan fingerprint density at radius 2 is 1.14 bits per heavy atom. The van der Waals surface area contributed by atoms with Crippen molar-refractivity contribution >= 4 is 0 Å². The van der Waals surface area contributed by atoms with E-state index >= 15 is 0 Å². The standard InChI is InChI=1S/C20H43N/c1-6-7-8-13-16-20(4)17-14-11-9-10-12-15-18-21(5)19(2)3/h19-20H,6-18H2,1-5H3. The summed E-state index contributed by atoms with van der Waals surface area (Å²) in [6.07, 6.45) is 17.2. The predicted molar refractivity (Wildman–Crippen MR) is 98.0 cm³/mol. The highest BCUT2D eigenvalue weighted by atomic mass is 15.1. The number of nitrogens with zero attached hydrogens (tertiary/aromatic N) is 1. The maximum atomic E-state index is 2.46. The Hall–Kier alpha value is -0.0400. The fourth-order valence-electron chi connectivity index (χ4n) is 2.88. The summed E-state index contributed by atoms with van der Waals surface area (Å²) in [5.74, 6) is 0.960. The summed E-state index contributed by atoms with van der Waals surface area (Å²) < 4.78 is 0. The van der Waals surface area contributed by atoms with E-state index in [1.165, 1.54) is 83.6 Å². The Kier molecular flexibility index (Phi) is 14.9. The predicted octanol–water partition coefficient (Wildman–Crippen LogP) is 6.66. The van der Waals surface area contributed by atoms with Crippen molar-refractivity contribution in [3.8, 4) is 0 Å². The molecule has 0 aliphatic rings. The molecule has 0 bridgehead atoms. The van der Waals surface area contributed by atoms with Gasteiger partial charge in [-0.25, -0.2) is 0 Å². The third-order valence-electron chi connectivity index (χ3n) is 4.89. The van der Waals surface area contributed by atoms with Gasteiger partial charge in [-0.1, -0.05) is 84.5 Å². The van der Waals surface area contributed by atoms with Gasteiger partial charge < -0.3 is 4.90 Å². The molecule has 0 N–H and O–H groups in total. The normalized spacial score (nSPS) is 13.3. The maximum absolute atomic E-state index is 2.46. The van der Waals surface area contributed by atoms with Gasteiger partial charge in [0.1, 0.15) is 0 Å². The summed E-state index contributed by atoms with van der Waals surface area (Å²) in [5, 5.41) is 0. The topological polar surface area (TPSA) is 3.24 Å². The fraction of sp³-hybridized carbons (Fsp3) is 1.00. The van der Waals surface area contributed by atoms with Crippen LogP contribution in [0.3, 0.4) is 0 Å². The zero-order valence-corrected chi connectivity index (χ0v) is 15.8. The molecule has 0 amide bonds. The molecule has 0 aliphatic carbocycles. The first-order valence-corrected chi connectivity index (χ1v) is 9.78. The molecule has 1 unspecified atom stereocenters. The molecular weight excluding hydrogens is 254 g/mol. The number of unbranched alkanes of at least 4 members (excludes halogenated alkanes) is 8. The molecule has 0 aromatic rings. The lowest BCUT2D eigenvalue weighted by molar-refractivity contribution is 0.267. The third-order valence-corrected chi connectivity index (χ3v) is 4.89. The third kappa shape index (κ3) is 14.7. The Labute approximate surface area is 135 Å². The van der Waals surface area contributed by atoms with Crippen molar-refractivity contribution in [1.29, 1.82) is 0 Å². The van der Waals surface area contributed by atoms with E-state index in [0.717, 1.165) is 5.92 Å². The number of hydrogen-bond acceptors (Lipinski definition) is 1. The van der Waals surface area contributed by atoms with Crippen molar-refractivity contribution in [1.82, 2.24) is 4.90 Å². The minimum atomic E-state index is 0.698. The summed E-state index contributed by atoms with van der Waals surface area (Å²) in [7, 11) is 2.24. The van der Waals surface area contributed by atoms with E-state index in [2.05, 4.69) is 39.6 Å². The molecule has 0 radical (unpaired) electrons. The molecule has 0 spiro atoms. The van der Waals surface area contributed by atoms with E-state index in [0.29, 0.717) is 6.04 Å². The highest BCUT2D eigenvalue weighted by Gasteiger charge is 2.03. The molecule has 0 fully saturated rings. The molecule has 0 aromatic carbocycles. The van der Waals surface area contributed by atoms with E-state index in [1.807, 2.05) is 0 Å². The van der Waals surface area contributed by atoms with Crippen LogP contribution in [-0.4, -0.2) is 24.5 Å². The van der Waals surface area contributed by atoms with Crippen LogP contribution in [0.4, 0.5) is 0 Å². The molecule has 128 valence electrons. The fourth-order valence-corrected chi connectivity index (χ4v) is 2.88. The average Bonchev–Trinajstić information content (AvgIpc) is 2.46. The van der Waals surface area contributed by atoms with Crippen LogP contribution >= 0.6 is 0 Å². The van der Waals surface area contributed by atoms with Crippen molar-refractivity contribution in [2.24, 2.45) is 5.92 Å². The van der Waals surface area contributed by atoms with Gasteiger partial charge in [0.25, 0.3) is 0 Å². The lowest BCUT2D eigenvalue weighted by atomic mass is 9.96. The first-order chi connectivity index (χ1) is 10.1. The molecule has 1 heteroatoms. The quantitative estimate of drug-likeness (QED) is 0.305. The van der Waals surface area contributed by atoms with Crippen LogP contribution in [-0.2, 0) is 0 Å². The van der Waals surface area contributed by atoms with E-state index < -0.39 is 0 Å². The van der Waals surface area contributed by atoms with Crippen LogP contribution < -0.4 is 0 Å². The van der Waals surface area contributed by atoms with Crippen LogP contribution in [0.25, 0.3) is 0 Å². The summed E-state index contributed by atoms with van der Waals surface area (Å²) in [4.78, 5) is 2.46. The molecule has 0 saturated heterocycles. The van der Waals surface area contributed by atoms with Gasteiger partial charge in [-0.05, 0) is 39.8 Å². The van der Waals surface area contributed by atoms with Crippen molar-refractivity contribution in [3.05, 3.63) is 0 Å². The van der Waals surface area contributed by atoms with Gasteiger partial charge in [0.05, 0.1) is 0 Å². The van der Waals surface area contributed by atoms with Gasteiger partial charge in [-0.2, -0.15) is 0 Å². The second-order valence-corrected chi connectivity index (χ2v) is 7.44. The molecule has 0 saturated carbocycles. The molecule has 0 rings (SSSR count). The van der Waals surface area contributed by atoms with Gasteiger partial charge in [-0.15, -0.1) is 0 Å². The second kappa shape index (κ2) is 14.9. The Bertz CT molecular complexity index is 200. The molecule has 1 nitrogen and oxygen atoms in total. The molecular formula is C20H43N. The summed E-state index contributed by atoms with van der Waals surface area (Å²) >= 11 is 0. The molecule has 0 aliphatic heterocycles. The van der Waals surface area contributed by atoms with Crippen LogP contribution in [0, 0.1) is 5.92 Å². The van der Waals surface area contributed by atoms with E-state index in [-0.39, 0.29) is 0 Å². The van der Waals surface area contributed by atoms with Crippen molar-refractivity contribution in [2.75, 3.05) is 13.6 Å². The van der Waals surface area contributed by atoms with E-state index in [9.17, 15) is 0 Å². The van der Waals surface area contributed by atoms with Gasteiger partial charge in [0.15, 0.2) is 0 Å². The summed E-state index contributed by atoms with van der Waals surface area (Å²) in [6, 6.07) is 0.698. The summed E-state index contributed by atoms with van der Waals surface area (Å²) in [5.41, 5.74) is 0. The Morgan fingerprint density at radius 3 is 1.67 bits per heavy atom. The van der Waals surface area contributed by atoms with Crippen LogP contribution in [0.15, 0.2) is 0 Å². The number of rotatable bonds is 15. The lowest BCUT2D eigenvalue weighted by Gasteiger charge is -2.20. The van der Waals surface area contributed by atoms with Crippen LogP contribution in [0.1, 0.15) is 105 Å². The smallest absolute Gasteiger partial charge is 0.00355 e. The van der Waals surface area contributed by atoms with Crippen molar-refractivity contribution in [3.63, 3.8) is 0 Å². The molecule has 1 atom stereocenters. The second-order valence-electron chi connectivity index (χ2n) is 7.44. The Morgan fingerprint density at radius 1 is 0.667 bits per heavy atom.